The standard InChI is InChI=1S/C27H30N2O3/c1-5-18(2)23-11-8-9-13-25(23)32-20(4)26(30)28-21-14-16-22(17-15-21)29-27(31)24-12-7-6-10-19(24)3/h6-18,20H,5H2,1-4H3,(H,28,30)(H,29,31). The average Bonchev–Trinajstić information content (AvgIpc) is 2.80. The molecule has 2 unspecified atom stereocenters. The van der Waals surface area contributed by atoms with Gasteiger partial charge in [0.1, 0.15) is 5.75 Å². The minimum absolute atomic E-state index is 0.165. The van der Waals surface area contributed by atoms with Crippen LogP contribution >= 0.6 is 0 Å². The molecule has 3 aromatic carbocycles. The van der Waals surface area contributed by atoms with Crippen LogP contribution < -0.4 is 15.4 Å². The highest BCUT2D eigenvalue weighted by molar-refractivity contribution is 6.05. The van der Waals surface area contributed by atoms with E-state index in [4.69, 9.17) is 4.74 Å². The van der Waals surface area contributed by atoms with Crippen molar-refractivity contribution in [2.45, 2.75) is 46.1 Å². The van der Waals surface area contributed by atoms with Gasteiger partial charge >= 0.3 is 0 Å². The predicted molar refractivity (Wildman–Crippen MR) is 129 cm³/mol. The number of hydrogen-bond donors (Lipinski definition) is 2. The molecule has 166 valence electrons. The lowest BCUT2D eigenvalue weighted by Crippen LogP contribution is -2.30. The quantitative estimate of drug-likeness (QED) is 0.449. The summed E-state index contributed by atoms with van der Waals surface area (Å²) < 4.78 is 5.97. The van der Waals surface area contributed by atoms with Gasteiger partial charge in [0.25, 0.3) is 11.8 Å². The molecular formula is C27H30N2O3. The maximum atomic E-state index is 12.6. The molecule has 2 amide bonds. The molecule has 0 saturated carbocycles. The van der Waals surface area contributed by atoms with Gasteiger partial charge in [0.2, 0.25) is 0 Å². The summed E-state index contributed by atoms with van der Waals surface area (Å²) >= 11 is 0. The van der Waals surface area contributed by atoms with Crippen molar-refractivity contribution in [2.75, 3.05) is 10.6 Å². The molecule has 2 N–H and O–H groups in total. The first-order chi connectivity index (χ1) is 15.4. The summed E-state index contributed by atoms with van der Waals surface area (Å²) in [7, 11) is 0. The number of benzene rings is 3. The number of nitrogens with one attached hydrogen (secondary N) is 2. The smallest absolute Gasteiger partial charge is 0.265 e. The second-order valence-electron chi connectivity index (χ2n) is 7.94. The molecule has 0 aliphatic rings. The van der Waals surface area contributed by atoms with Gasteiger partial charge in [0, 0.05) is 16.9 Å². The van der Waals surface area contributed by atoms with E-state index in [1.165, 1.54) is 0 Å². The summed E-state index contributed by atoms with van der Waals surface area (Å²) in [5.41, 5.74) is 3.94. The van der Waals surface area contributed by atoms with E-state index >= 15 is 0 Å². The minimum atomic E-state index is -0.652. The second-order valence-corrected chi connectivity index (χ2v) is 7.94. The van der Waals surface area contributed by atoms with Crippen LogP contribution in [-0.2, 0) is 4.79 Å². The third-order valence-electron chi connectivity index (χ3n) is 5.54. The number of para-hydroxylation sites is 1. The molecule has 0 fully saturated rings. The lowest BCUT2D eigenvalue weighted by Gasteiger charge is -2.19. The van der Waals surface area contributed by atoms with Gasteiger partial charge < -0.3 is 15.4 Å². The van der Waals surface area contributed by atoms with Crippen molar-refractivity contribution in [1.29, 1.82) is 0 Å². The fourth-order valence-corrected chi connectivity index (χ4v) is 3.37. The number of rotatable bonds is 8. The van der Waals surface area contributed by atoms with Crippen LogP contribution in [0.5, 0.6) is 5.75 Å². The van der Waals surface area contributed by atoms with E-state index in [1.54, 1.807) is 37.3 Å². The van der Waals surface area contributed by atoms with Crippen molar-refractivity contribution >= 4 is 23.2 Å². The van der Waals surface area contributed by atoms with Gasteiger partial charge in [-0.1, -0.05) is 50.2 Å². The molecule has 0 bridgehead atoms. The number of carbonyl (C=O) groups is 2. The molecule has 0 saturated heterocycles. The maximum absolute atomic E-state index is 12.6. The number of ether oxygens (including phenoxy) is 1. The number of anilines is 2. The third-order valence-corrected chi connectivity index (χ3v) is 5.54. The first kappa shape index (κ1) is 23.1. The predicted octanol–water partition coefficient (Wildman–Crippen LogP) is 6.17. The maximum Gasteiger partial charge on any atom is 0.265 e. The highest BCUT2D eigenvalue weighted by Crippen LogP contribution is 2.29. The summed E-state index contributed by atoms with van der Waals surface area (Å²) in [5, 5.41) is 5.75. The van der Waals surface area contributed by atoms with Gasteiger partial charge in [0.05, 0.1) is 0 Å². The minimum Gasteiger partial charge on any atom is -0.481 e. The number of carbonyl (C=O) groups excluding carboxylic acids is 2. The van der Waals surface area contributed by atoms with Crippen molar-refractivity contribution in [1.82, 2.24) is 0 Å². The molecule has 32 heavy (non-hydrogen) atoms. The fourth-order valence-electron chi connectivity index (χ4n) is 3.37. The Morgan fingerprint density at radius 2 is 1.44 bits per heavy atom. The lowest BCUT2D eigenvalue weighted by molar-refractivity contribution is -0.122. The Hall–Kier alpha value is -3.60. The van der Waals surface area contributed by atoms with E-state index in [-0.39, 0.29) is 11.8 Å². The van der Waals surface area contributed by atoms with E-state index in [1.807, 2.05) is 49.4 Å². The van der Waals surface area contributed by atoms with Crippen LogP contribution in [0.1, 0.15) is 54.6 Å². The molecule has 3 aromatic rings. The molecule has 0 aliphatic heterocycles. The fraction of sp³-hybridized carbons (Fsp3) is 0.259. The van der Waals surface area contributed by atoms with E-state index in [9.17, 15) is 9.59 Å². The number of aryl methyl sites for hydroxylation is 1. The van der Waals surface area contributed by atoms with Crippen LogP contribution in [0.25, 0.3) is 0 Å². The lowest BCUT2D eigenvalue weighted by atomic mass is 9.98. The first-order valence-corrected chi connectivity index (χ1v) is 10.9. The van der Waals surface area contributed by atoms with Crippen LogP contribution in [0.3, 0.4) is 0 Å². The summed E-state index contributed by atoms with van der Waals surface area (Å²) in [4.78, 5) is 25.1. The molecule has 0 radical (unpaired) electrons. The van der Waals surface area contributed by atoms with Crippen LogP contribution in [0, 0.1) is 6.92 Å². The van der Waals surface area contributed by atoms with Crippen LogP contribution in [0.2, 0.25) is 0 Å². The van der Waals surface area contributed by atoms with Crippen molar-refractivity contribution < 1.29 is 14.3 Å². The van der Waals surface area contributed by atoms with E-state index in [0.29, 0.717) is 22.9 Å². The zero-order valence-electron chi connectivity index (χ0n) is 19.0. The molecule has 0 aromatic heterocycles. The first-order valence-electron chi connectivity index (χ1n) is 10.9. The van der Waals surface area contributed by atoms with Crippen molar-refractivity contribution in [3.05, 3.63) is 89.5 Å². The Kier molecular flexibility index (Phi) is 7.66. The Balaban J connectivity index is 1.60. The van der Waals surface area contributed by atoms with E-state index in [0.717, 1.165) is 23.3 Å². The van der Waals surface area contributed by atoms with Crippen LogP contribution in [0.4, 0.5) is 11.4 Å². The number of amides is 2. The summed E-state index contributed by atoms with van der Waals surface area (Å²) in [6, 6.07) is 22.3. The van der Waals surface area contributed by atoms with Crippen LogP contribution in [0.15, 0.2) is 72.8 Å². The zero-order chi connectivity index (χ0) is 23.1. The van der Waals surface area contributed by atoms with Gasteiger partial charge in [-0.05, 0) is 73.7 Å². The molecule has 0 aliphatic carbocycles. The monoisotopic (exact) mass is 430 g/mol. The van der Waals surface area contributed by atoms with Crippen molar-refractivity contribution in [3.8, 4) is 5.75 Å². The van der Waals surface area contributed by atoms with Gasteiger partial charge in [0.15, 0.2) is 6.10 Å². The third kappa shape index (κ3) is 5.76. The topological polar surface area (TPSA) is 67.4 Å². The summed E-state index contributed by atoms with van der Waals surface area (Å²) in [6.45, 7) is 7.91. The molecular weight excluding hydrogens is 400 g/mol. The van der Waals surface area contributed by atoms with E-state index in [2.05, 4.69) is 24.5 Å². The summed E-state index contributed by atoms with van der Waals surface area (Å²) in [6.07, 6.45) is 0.342. The van der Waals surface area contributed by atoms with Gasteiger partial charge in [-0.25, -0.2) is 0 Å². The Morgan fingerprint density at radius 3 is 2.09 bits per heavy atom. The van der Waals surface area contributed by atoms with Gasteiger partial charge in [-0.2, -0.15) is 0 Å². The Labute approximate surface area is 189 Å². The average molecular weight is 431 g/mol. The van der Waals surface area contributed by atoms with Crippen molar-refractivity contribution in [3.63, 3.8) is 0 Å². The molecule has 3 rings (SSSR count). The molecule has 2 atom stereocenters. The van der Waals surface area contributed by atoms with Crippen LogP contribution in [-0.4, -0.2) is 17.9 Å². The number of hydrogen-bond acceptors (Lipinski definition) is 3. The molecule has 0 heterocycles. The summed E-state index contributed by atoms with van der Waals surface area (Å²) in [5.74, 6) is 0.685. The molecule has 5 heteroatoms. The zero-order valence-corrected chi connectivity index (χ0v) is 19.0. The molecule has 5 nitrogen and oxygen atoms in total. The van der Waals surface area contributed by atoms with Gasteiger partial charge in [-0.15, -0.1) is 0 Å². The largest absolute Gasteiger partial charge is 0.481 e. The Morgan fingerprint density at radius 1 is 0.844 bits per heavy atom. The van der Waals surface area contributed by atoms with Gasteiger partial charge in [-0.3, -0.25) is 9.59 Å². The second kappa shape index (κ2) is 10.6. The van der Waals surface area contributed by atoms with E-state index < -0.39 is 6.10 Å². The SMILES string of the molecule is CCC(C)c1ccccc1OC(C)C(=O)Nc1ccc(NC(=O)c2ccccc2C)cc1. The van der Waals surface area contributed by atoms with Crippen molar-refractivity contribution in [2.24, 2.45) is 0 Å². The highest BCUT2D eigenvalue weighted by atomic mass is 16.5. The molecule has 0 spiro atoms. The normalized spacial score (nSPS) is 12.5. The highest BCUT2D eigenvalue weighted by Gasteiger charge is 2.18. The Bertz CT molecular complexity index is 1080.